The second kappa shape index (κ2) is 8.07. The lowest BCUT2D eigenvalue weighted by atomic mass is 9.91. The Kier molecular flexibility index (Phi) is 5.25. The molecule has 1 fully saturated rings. The first-order valence-corrected chi connectivity index (χ1v) is 11.9. The van der Waals surface area contributed by atoms with E-state index in [1.807, 2.05) is 24.3 Å². The van der Waals surface area contributed by atoms with Gasteiger partial charge < -0.3 is 5.32 Å². The fourth-order valence-electron chi connectivity index (χ4n) is 4.10. The Balaban J connectivity index is 1.25. The van der Waals surface area contributed by atoms with Crippen LogP contribution in [0.4, 0.5) is 5.69 Å². The lowest BCUT2D eigenvalue weighted by Gasteiger charge is -2.30. The van der Waals surface area contributed by atoms with Crippen molar-refractivity contribution in [1.29, 1.82) is 0 Å². The van der Waals surface area contributed by atoms with Gasteiger partial charge in [0.15, 0.2) is 5.52 Å². The second-order valence-corrected chi connectivity index (χ2v) is 9.84. The molecular weight excluding hydrogens is 438 g/mol. The first-order chi connectivity index (χ1) is 15.0. The largest absolute Gasteiger partial charge is 0.382 e. The number of fused-ring (bicyclic) bond motifs is 2. The minimum atomic E-state index is -3.72. The van der Waals surface area contributed by atoms with Crippen molar-refractivity contribution in [3.05, 3.63) is 53.7 Å². The number of pyridine rings is 1. The predicted octanol–water partition coefficient (Wildman–Crippen LogP) is 4.13. The van der Waals surface area contributed by atoms with E-state index in [1.54, 1.807) is 18.3 Å². The molecule has 0 radical (unpaired) electrons. The van der Waals surface area contributed by atoms with Crippen molar-refractivity contribution in [3.8, 4) is 0 Å². The lowest BCUT2D eigenvalue weighted by molar-refractivity contribution is 0.315. The molecule has 1 aliphatic carbocycles. The van der Waals surface area contributed by atoms with E-state index in [2.05, 4.69) is 30.0 Å². The molecule has 160 valence electrons. The summed E-state index contributed by atoms with van der Waals surface area (Å²) in [4.78, 5) is 4.47. The Morgan fingerprint density at radius 1 is 0.968 bits per heavy atom. The van der Waals surface area contributed by atoms with Crippen LogP contribution in [0, 0.1) is 0 Å². The average molecular weight is 458 g/mol. The van der Waals surface area contributed by atoms with E-state index in [9.17, 15) is 8.42 Å². The molecule has 10 heteroatoms. The Labute approximate surface area is 184 Å². The summed E-state index contributed by atoms with van der Waals surface area (Å²) in [7, 11) is -3.72. The normalized spacial score (nSPS) is 19.6. The van der Waals surface area contributed by atoms with Crippen LogP contribution in [-0.4, -0.2) is 35.8 Å². The molecule has 2 aromatic carbocycles. The van der Waals surface area contributed by atoms with Gasteiger partial charge in [-0.15, -0.1) is 0 Å². The number of nitrogens with one attached hydrogen (secondary N) is 2. The summed E-state index contributed by atoms with van der Waals surface area (Å²) in [5, 5.41) is 12.7. The maximum absolute atomic E-state index is 12.9. The topological polar surface area (TPSA) is 110 Å². The third-order valence-corrected chi connectivity index (χ3v) is 7.44. The number of nitrogens with zero attached hydrogens (tertiary/aromatic N) is 3. The zero-order valence-electron chi connectivity index (χ0n) is 16.5. The maximum Gasteiger partial charge on any atom is 0.243 e. The van der Waals surface area contributed by atoms with E-state index in [-0.39, 0.29) is 22.5 Å². The molecule has 0 spiro atoms. The summed E-state index contributed by atoms with van der Waals surface area (Å²) in [6.45, 7) is 0. The van der Waals surface area contributed by atoms with E-state index >= 15 is 0 Å². The van der Waals surface area contributed by atoms with Gasteiger partial charge in [-0.2, -0.15) is 0 Å². The zero-order chi connectivity index (χ0) is 21.4. The van der Waals surface area contributed by atoms with E-state index < -0.39 is 10.0 Å². The summed E-state index contributed by atoms with van der Waals surface area (Å²) in [6.07, 6.45) is 4.93. The van der Waals surface area contributed by atoms with Crippen LogP contribution in [0.2, 0.25) is 5.02 Å². The van der Waals surface area contributed by atoms with Gasteiger partial charge in [-0.1, -0.05) is 17.7 Å². The van der Waals surface area contributed by atoms with Gasteiger partial charge in [0, 0.05) is 34.4 Å². The van der Waals surface area contributed by atoms with Crippen molar-refractivity contribution in [2.45, 2.75) is 42.7 Å². The number of anilines is 1. The van der Waals surface area contributed by atoms with Crippen LogP contribution in [0.25, 0.3) is 21.9 Å². The van der Waals surface area contributed by atoms with Crippen LogP contribution in [0.5, 0.6) is 0 Å². The van der Waals surface area contributed by atoms with Crippen LogP contribution < -0.4 is 10.0 Å². The van der Waals surface area contributed by atoms with E-state index in [4.69, 9.17) is 11.6 Å². The smallest absolute Gasteiger partial charge is 0.243 e. The summed E-state index contributed by atoms with van der Waals surface area (Å²) in [5.74, 6) is 0. The number of halogens is 1. The van der Waals surface area contributed by atoms with Crippen molar-refractivity contribution in [3.63, 3.8) is 0 Å². The van der Waals surface area contributed by atoms with Crippen molar-refractivity contribution in [1.82, 2.24) is 20.0 Å². The molecular formula is C21H20ClN5O3S. The van der Waals surface area contributed by atoms with Crippen LogP contribution in [0.1, 0.15) is 25.7 Å². The Hall–Kier alpha value is -2.75. The molecule has 0 unspecified atom stereocenters. The fourth-order valence-corrected chi connectivity index (χ4v) is 5.73. The number of rotatable bonds is 5. The Morgan fingerprint density at radius 2 is 1.77 bits per heavy atom. The first kappa shape index (κ1) is 20.2. The molecule has 0 amide bonds. The highest BCUT2D eigenvalue weighted by atomic mass is 35.5. The molecule has 2 N–H and O–H groups in total. The summed E-state index contributed by atoms with van der Waals surface area (Å²) in [6, 6.07) is 12.6. The van der Waals surface area contributed by atoms with Gasteiger partial charge in [0.1, 0.15) is 10.4 Å². The number of benzene rings is 2. The molecule has 2 aromatic heterocycles. The van der Waals surface area contributed by atoms with Crippen molar-refractivity contribution in [2.75, 3.05) is 5.32 Å². The molecule has 0 atom stereocenters. The molecule has 8 nitrogen and oxygen atoms in total. The first-order valence-electron chi connectivity index (χ1n) is 10.0. The van der Waals surface area contributed by atoms with Crippen LogP contribution in [-0.2, 0) is 10.0 Å². The van der Waals surface area contributed by atoms with Gasteiger partial charge >= 0.3 is 0 Å². The second-order valence-electron chi connectivity index (χ2n) is 7.72. The van der Waals surface area contributed by atoms with Crippen LogP contribution in [0.15, 0.2) is 58.2 Å². The minimum Gasteiger partial charge on any atom is -0.382 e. The van der Waals surface area contributed by atoms with Crippen LogP contribution >= 0.6 is 11.6 Å². The highest BCUT2D eigenvalue weighted by Gasteiger charge is 2.28. The van der Waals surface area contributed by atoms with E-state index in [0.717, 1.165) is 42.3 Å². The molecule has 4 aromatic rings. The molecule has 0 saturated heterocycles. The average Bonchev–Trinajstić information content (AvgIpc) is 3.24. The number of hydrogen-bond acceptors (Lipinski definition) is 7. The fraction of sp³-hybridized carbons (Fsp3) is 0.286. The SMILES string of the molecule is O=S(=O)(NC1CCC(Nc2ccnc3cc(Cl)ccc23)CC1)c1cccc2nonc12. The predicted molar refractivity (Wildman–Crippen MR) is 119 cm³/mol. The number of sulfonamides is 1. The molecule has 0 aliphatic heterocycles. The van der Waals surface area contributed by atoms with Crippen LogP contribution in [0.3, 0.4) is 0 Å². The van der Waals surface area contributed by atoms with Gasteiger partial charge in [0.05, 0.1) is 5.52 Å². The molecule has 5 rings (SSSR count). The van der Waals surface area contributed by atoms with Crippen molar-refractivity contribution in [2.24, 2.45) is 0 Å². The van der Waals surface area contributed by atoms with Crippen molar-refractivity contribution >= 4 is 49.2 Å². The van der Waals surface area contributed by atoms with Gasteiger partial charge in [-0.25, -0.2) is 17.8 Å². The Morgan fingerprint density at radius 3 is 2.61 bits per heavy atom. The summed E-state index contributed by atoms with van der Waals surface area (Å²) >= 11 is 6.07. The molecule has 1 aliphatic rings. The van der Waals surface area contributed by atoms with E-state index in [0.29, 0.717) is 10.5 Å². The summed E-state index contributed by atoms with van der Waals surface area (Å²) in [5.41, 5.74) is 2.52. The maximum atomic E-state index is 12.9. The highest BCUT2D eigenvalue weighted by Crippen LogP contribution is 2.29. The third kappa shape index (κ3) is 4.08. The van der Waals surface area contributed by atoms with Gasteiger partial charge in [-0.3, -0.25) is 4.98 Å². The quantitative estimate of drug-likeness (QED) is 0.463. The van der Waals surface area contributed by atoms with E-state index in [1.165, 1.54) is 6.07 Å². The number of aromatic nitrogens is 3. The van der Waals surface area contributed by atoms with Gasteiger partial charge in [0.2, 0.25) is 10.0 Å². The standard InChI is InChI=1S/C21H20ClN5O3S/c22-13-4-9-16-17(10-11-23-19(16)12-13)24-14-5-7-15(8-6-14)27-31(28,29)20-3-1-2-18-21(20)26-30-25-18/h1-4,9-12,14-15,27H,5-8H2,(H,23,24). The third-order valence-electron chi connectivity index (χ3n) is 5.65. The Bertz CT molecular complexity index is 1350. The monoisotopic (exact) mass is 457 g/mol. The molecule has 0 bridgehead atoms. The lowest BCUT2D eigenvalue weighted by Crippen LogP contribution is -2.40. The minimum absolute atomic E-state index is 0.0911. The zero-order valence-corrected chi connectivity index (χ0v) is 18.0. The molecule has 2 heterocycles. The summed E-state index contributed by atoms with van der Waals surface area (Å²) < 4.78 is 33.3. The van der Waals surface area contributed by atoms with Crippen molar-refractivity contribution < 1.29 is 13.0 Å². The molecule has 1 saturated carbocycles. The van der Waals surface area contributed by atoms with Gasteiger partial charge in [0.25, 0.3) is 0 Å². The van der Waals surface area contributed by atoms with Gasteiger partial charge in [-0.05, 0) is 72.4 Å². The molecule has 31 heavy (non-hydrogen) atoms. The highest BCUT2D eigenvalue weighted by molar-refractivity contribution is 7.89. The number of hydrogen-bond donors (Lipinski definition) is 2.